The van der Waals surface area contributed by atoms with Gasteiger partial charge in [-0.25, -0.2) is 4.79 Å². The highest BCUT2D eigenvalue weighted by Gasteiger charge is 2.27. The minimum atomic E-state index is -0.807. The average Bonchev–Trinajstić information content (AvgIpc) is 3.43. The molecule has 1 aliphatic rings. The maximum atomic E-state index is 12.7. The van der Waals surface area contributed by atoms with Crippen molar-refractivity contribution in [2.75, 3.05) is 17.7 Å². The van der Waals surface area contributed by atoms with Crippen molar-refractivity contribution >= 4 is 39.7 Å². The van der Waals surface area contributed by atoms with Crippen LogP contribution in [-0.4, -0.2) is 45.0 Å². The van der Waals surface area contributed by atoms with Gasteiger partial charge in [-0.3, -0.25) is 10.1 Å². The summed E-state index contributed by atoms with van der Waals surface area (Å²) in [6, 6.07) is 2.86. The molecule has 3 N–H and O–H groups in total. The largest absolute Gasteiger partial charge is 0.488 e. The number of aromatic nitrogens is 3. The van der Waals surface area contributed by atoms with E-state index in [1.165, 1.54) is 13.2 Å². The van der Waals surface area contributed by atoms with Crippen molar-refractivity contribution < 1.29 is 19.1 Å². The maximum Gasteiger partial charge on any atom is 0.381 e. The van der Waals surface area contributed by atoms with Crippen molar-refractivity contribution in [2.45, 2.75) is 31.4 Å². The number of aliphatic hydroxyl groups excluding tert-OH is 1. The minimum absolute atomic E-state index is 0.0628. The second kappa shape index (κ2) is 8.69. The summed E-state index contributed by atoms with van der Waals surface area (Å²) < 4.78 is 12.0. The number of anilines is 2. The number of methoxy groups -OCH3 is 1. The Morgan fingerprint density at radius 2 is 2.23 bits per heavy atom. The molecule has 0 aromatic carbocycles. The van der Waals surface area contributed by atoms with Crippen LogP contribution in [0.4, 0.5) is 10.8 Å². The van der Waals surface area contributed by atoms with Crippen molar-refractivity contribution in [1.29, 1.82) is 0 Å². The van der Waals surface area contributed by atoms with Crippen LogP contribution in [0.15, 0.2) is 27.5 Å². The number of amides is 1. The lowest BCUT2D eigenvalue weighted by molar-refractivity contribution is 0.0991. The van der Waals surface area contributed by atoms with E-state index in [1.807, 2.05) is 7.05 Å². The lowest BCUT2D eigenvalue weighted by Crippen LogP contribution is -2.29. The van der Waals surface area contributed by atoms with Gasteiger partial charge in [0.05, 0.1) is 35.7 Å². The van der Waals surface area contributed by atoms with Gasteiger partial charge in [-0.15, -0.1) is 10.2 Å². The highest BCUT2D eigenvalue weighted by molar-refractivity contribution is 7.18. The second-order valence-electron chi connectivity index (χ2n) is 7.08. The Bertz CT molecular complexity index is 1150. The number of ether oxygens (including phenoxy) is 1. The second-order valence-corrected chi connectivity index (χ2v) is 8.47. The van der Waals surface area contributed by atoms with E-state index in [0.29, 0.717) is 22.1 Å². The summed E-state index contributed by atoms with van der Waals surface area (Å²) in [5.74, 6) is -0.961. The number of carbonyl (C=O) groups excluding carboxylic acids is 1. The van der Waals surface area contributed by atoms with Crippen LogP contribution in [0.3, 0.4) is 0 Å². The number of rotatable bonds is 6. The number of halogens is 1. The molecule has 0 spiro atoms. The normalized spacial score (nSPS) is 18.2. The Hall–Kier alpha value is -2.89. The van der Waals surface area contributed by atoms with Gasteiger partial charge in [0.15, 0.2) is 10.8 Å². The van der Waals surface area contributed by atoms with Gasteiger partial charge >= 0.3 is 5.63 Å². The number of carbonyl (C=O) groups is 1. The fourth-order valence-electron chi connectivity index (χ4n) is 3.48. The van der Waals surface area contributed by atoms with Crippen molar-refractivity contribution in [1.82, 2.24) is 14.8 Å². The van der Waals surface area contributed by atoms with Crippen LogP contribution < -0.4 is 21.0 Å². The first-order chi connectivity index (χ1) is 14.9. The summed E-state index contributed by atoms with van der Waals surface area (Å²) >= 11 is 7.31. The van der Waals surface area contributed by atoms with Crippen molar-refractivity contribution in [3.63, 3.8) is 0 Å². The first kappa shape index (κ1) is 21.3. The first-order valence-electron chi connectivity index (χ1n) is 9.50. The molecule has 3 aromatic heterocycles. The molecule has 10 nitrogen and oxygen atoms in total. The topological polar surface area (TPSA) is 132 Å². The van der Waals surface area contributed by atoms with Gasteiger partial charge in [0.1, 0.15) is 0 Å². The van der Waals surface area contributed by atoms with Crippen LogP contribution in [0.2, 0.25) is 5.02 Å². The van der Waals surface area contributed by atoms with Gasteiger partial charge in [0, 0.05) is 19.3 Å². The Morgan fingerprint density at radius 3 is 2.87 bits per heavy atom. The van der Waals surface area contributed by atoms with Crippen LogP contribution in [0, 0.1) is 0 Å². The fourth-order valence-corrected chi connectivity index (χ4v) is 4.66. The third-order valence-electron chi connectivity index (χ3n) is 5.03. The van der Waals surface area contributed by atoms with Gasteiger partial charge in [0.25, 0.3) is 5.91 Å². The van der Waals surface area contributed by atoms with Crippen LogP contribution in [0.25, 0.3) is 10.7 Å². The SMILES string of the molecule is COc1c(N[C@@H]2CCC[C@@H]2O)cc(C(=O)Nc2nnc(-c3c(Cl)ccn3C)s2)oc1=O. The minimum Gasteiger partial charge on any atom is -0.488 e. The molecule has 0 aliphatic heterocycles. The summed E-state index contributed by atoms with van der Waals surface area (Å²) in [6.45, 7) is 0. The van der Waals surface area contributed by atoms with Crippen LogP contribution in [0.1, 0.15) is 29.8 Å². The van der Waals surface area contributed by atoms with Crippen molar-refractivity contribution in [3.8, 4) is 16.5 Å². The molecule has 0 bridgehead atoms. The molecule has 3 aromatic rings. The zero-order valence-corrected chi connectivity index (χ0v) is 18.3. The fraction of sp³-hybridized carbons (Fsp3) is 0.368. The van der Waals surface area contributed by atoms with Gasteiger partial charge in [0.2, 0.25) is 10.9 Å². The molecular formula is C19H20ClN5O5S. The number of aryl methyl sites for hydroxylation is 1. The number of nitrogens with one attached hydrogen (secondary N) is 2. The summed E-state index contributed by atoms with van der Waals surface area (Å²) in [7, 11) is 3.16. The van der Waals surface area contributed by atoms with Gasteiger partial charge < -0.3 is 24.1 Å². The predicted octanol–water partition coefficient (Wildman–Crippen LogP) is 2.74. The molecule has 1 amide bonds. The number of nitrogens with zero attached hydrogens (tertiary/aromatic N) is 3. The first-order valence-corrected chi connectivity index (χ1v) is 10.7. The number of aliphatic hydroxyl groups is 1. The molecule has 1 saturated carbocycles. The standard InChI is InChI=1S/C19H20ClN5O5S/c1-25-7-6-9(20)14(25)17-23-24-19(31-17)22-16(27)13-8-11(15(29-2)18(28)30-13)21-10-4-3-5-12(10)26/h6-8,10,12,21,26H,3-5H2,1-2H3,(H,22,24,27)/t10-,12+/m1/s1. The lowest BCUT2D eigenvalue weighted by Gasteiger charge is -2.19. The molecule has 0 saturated heterocycles. The molecule has 0 radical (unpaired) electrons. The van der Waals surface area contributed by atoms with Crippen molar-refractivity contribution in [2.24, 2.45) is 7.05 Å². The van der Waals surface area contributed by atoms with E-state index in [9.17, 15) is 14.7 Å². The summed E-state index contributed by atoms with van der Waals surface area (Å²) in [4.78, 5) is 25.0. The summed E-state index contributed by atoms with van der Waals surface area (Å²) in [5, 5.41) is 25.0. The zero-order chi connectivity index (χ0) is 22.1. The Kier molecular flexibility index (Phi) is 5.99. The quantitative estimate of drug-likeness (QED) is 0.506. The Morgan fingerprint density at radius 1 is 1.42 bits per heavy atom. The van der Waals surface area contributed by atoms with Crippen LogP contribution in [-0.2, 0) is 7.05 Å². The maximum absolute atomic E-state index is 12.7. The third kappa shape index (κ3) is 4.29. The molecule has 1 fully saturated rings. The molecular weight excluding hydrogens is 446 g/mol. The van der Waals surface area contributed by atoms with Crippen LogP contribution in [0.5, 0.6) is 5.75 Å². The molecule has 31 heavy (non-hydrogen) atoms. The highest BCUT2D eigenvalue weighted by Crippen LogP contribution is 2.33. The van der Waals surface area contributed by atoms with E-state index in [2.05, 4.69) is 20.8 Å². The van der Waals surface area contributed by atoms with E-state index in [1.54, 1.807) is 16.8 Å². The molecule has 12 heteroatoms. The van der Waals surface area contributed by atoms with Crippen molar-refractivity contribution in [3.05, 3.63) is 39.5 Å². The molecule has 1 aliphatic carbocycles. The van der Waals surface area contributed by atoms with Gasteiger partial charge in [-0.1, -0.05) is 22.9 Å². The van der Waals surface area contributed by atoms with E-state index in [4.69, 9.17) is 20.8 Å². The number of hydrogen-bond donors (Lipinski definition) is 3. The number of hydrogen-bond acceptors (Lipinski definition) is 9. The van der Waals surface area contributed by atoms with E-state index in [-0.39, 0.29) is 28.4 Å². The Balaban J connectivity index is 1.57. The third-order valence-corrected chi connectivity index (χ3v) is 6.18. The average molecular weight is 466 g/mol. The van der Waals surface area contributed by atoms with E-state index >= 15 is 0 Å². The smallest absolute Gasteiger partial charge is 0.381 e. The predicted molar refractivity (Wildman–Crippen MR) is 116 cm³/mol. The summed E-state index contributed by atoms with van der Waals surface area (Å²) in [5.41, 5.74) is 0.152. The van der Waals surface area contributed by atoms with E-state index in [0.717, 1.165) is 24.2 Å². The highest BCUT2D eigenvalue weighted by atomic mass is 35.5. The molecule has 2 atom stereocenters. The lowest BCUT2D eigenvalue weighted by atomic mass is 10.2. The zero-order valence-electron chi connectivity index (χ0n) is 16.7. The molecule has 0 unspecified atom stereocenters. The van der Waals surface area contributed by atoms with Gasteiger partial charge in [-0.2, -0.15) is 0 Å². The van der Waals surface area contributed by atoms with Crippen LogP contribution >= 0.6 is 22.9 Å². The van der Waals surface area contributed by atoms with E-state index < -0.39 is 17.6 Å². The summed E-state index contributed by atoms with van der Waals surface area (Å²) in [6.07, 6.45) is 3.51. The Labute approximate surface area is 185 Å². The monoisotopic (exact) mass is 465 g/mol. The molecule has 3 heterocycles. The molecule has 4 rings (SSSR count). The van der Waals surface area contributed by atoms with Gasteiger partial charge in [-0.05, 0) is 25.3 Å². The molecule has 164 valence electrons.